The van der Waals surface area contributed by atoms with Crippen LogP contribution in [0.1, 0.15) is 70.1 Å². The standard InChI is InChI=1S/C36H52N2O11Si/c1-6-10-20-37-35(42)48-32-18-14-27(23-29(32)26-39)12-16-30(40)25-31(41)17-13-28-15-19-33(34(24-28)44-5)49-36(43)38-21-11-22-50(45-7-2,46-8-3)47-9-4/h12-19,23-24,31,39,41H,6-11,20-22,25-26H2,1-5H3,(H,37,42)(H,38,43)/b16-12+,17-13+. The first-order chi connectivity index (χ1) is 24.1. The third kappa shape index (κ3) is 15.2. The summed E-state index contributed by atoms with van der Waals surface area (Å²) < 4.78 is 33.6. The highest BCUT2D eigenvalue weighted by molar-refractivity contribution is 6.60. The van der Waals surface area contributed by atoms with Gasteiger partial charge in [0.05, 0.1) is 19.8 Å². The van der Waals surface area contributed by atoms with Crippen LogP contribution in [-0.4, -0.2) is 83.1 Å². The number of benzene rings is 2. The number of amides is 2. The third-order valence-electron chi connectivity index (χ3n) is 7.05. The number of ketones is 1. The third-order valence-corrected chi connectivity index (χ3v) is 10.2. The summed E-state index contributed by atoms with van der Waals surface area (Å²) in [4.78, 5) is 36.9. The fourth-order valence-electron chi connectivity index (χ4n) is 4.69. The lowest BCUT2D eigenvalue weighted by Gasteiger charge is -2.28. The molecule has 0 radical (unpaired) electrons. The van der Waals surface area contributed by atoms with Gasteiger partial charge in [0.1, 0.15) is 5.75 Å². The molecule has 0 spiro atoms. The van der Waals surface area contributed by atoms with Gasteiger partial charge < -0.3 is 48.3 Å². The zero-order valence-electron chi connectivity index (χ0n) is 29.7. The molecule has 0 aromatic heterocycles. The predicted octanol–water partition coefficient (Wildman–Crippen LogP) is 5.65. The first-order valence-electron chi connectivity index (χ1n) is 16.9. The van der Waals surface area contributed by atoms with Gasteiger partial charge in [0.2, 0.25) is 0 Å². The Morgan fingerprint density at radius 2 is 1.38 bits per heavy atom. The van der Waals surface area contributed by atoms with E-state index < -0.39 is 27.1 Å². The van der Waals surface area contributed by atoms with Crippen molar-refractivity contribution in [1.82, 2.24) is 10.6 Å². The van der Waals surface area contributed by atoms with Crippen LogP contribution in [0.5, 0.6) is 17.2 Å². The Balaban J connectivity index is 1.89. The summed E-state index contributed by atoms with van der Waals surface area (Å²) in [6.45, 7) is 9.58. The number of aliphatic hydroxyl groups is 2. The summed E-state index contributed by atoms with van der Waals surface area (Å²) in [5.41, 5.74) is 1.66. The molecule has 0 fully saturated rings. The number of aliphatic hydroxyl groups excluding tert-OH is 2. The van der Waals surface area contributed by atoms with E-state index in [9.17, 15) is 24.6 Å². The first kappa shape index (κ1) is 42.1. The minimum Gasteiger partial charge on any atom is -0.493 e. The highest BCUT2D eigenvalue weighted by atomic mass is 28.4. The monoisotopic (exact) mass is 716 g/mol. The first-order valence-corrected chi connectivity index (χ1v) is 18.9. The van der Waals surface area contributed by atoms with E-state index in [0.29, 0.717) is 67.8 Å². The summed E-state index contributed by atoms with van der Waals surface area (Å²) in [6, 6.07) is 10.3. The molecule has 0 saturated heterocycles. The number of allylic oxidation sites excluding steroid dienone is 1. The molecule has 2 amide bonds. The van der Waals surface area contributed by atoms with Gasteiger partial charge in [-0.15, -0.1) is 0 Å². The van der Waals surface area contributed by atoms with E-state index in [-0.39, 0.29) is 30.3 Å². The average Bonchev–Trinajstić information content (AvgIpc) is 3.09. The van der Waals surface area contributed by atoms with Crippen LogP contribution in [0.3, 0.4) is 0 Å². The van der Waals surface area contributed by atoms with E-state index in [4.69, 9.17) is 27.5 Å². The summed E-state index contributed by atoms with van der Waals surface area (Å²) in [5, 5.41) is 25.5. The molecule has 1 unspecified atom stereocenters. The van der Waals surface area contributed by atoms with Crippen molar-refractivity contribution in [2.75, 3.05) is 40.0 Å². The van der Waals surface area contributed by atoms with Gasteiger partial charge in [-0.1, -0.05) is 43.7 Å². The molecule has 0 aliphatic carbocycles. The minimum atomic E-state index is -2.80. The molecule has 2 rings (SSSR count). The fraction of sp³-hybridized carbons (Fsp3) is 0.472. The van der Waals surface area contributed by atoms with E-state index in [1.54, 1.807) is 48.6 Å². The maximum Gasteiger partial charge on any atom is 0.500 e. The van der Waals surface area contributed by atoms with Gasteiger partial charge in [0.15, 0.2) is 17.3 Å². The molecule has 1 atom stereocenters. The van der Waals surface area contributed by atoms with E-state index >= 15 is 0 Å². The highest BCUT2D eigenvalue weighted by Crippen LogP contribution is 2.29. The number of rotatable bonds is 23. The lowest BCUT2D eigenvalue weighted by molar-refractivity contribution is -0.115. The summed E-state index contributed by atoms with van der Waals surface area (Å²) in [5.74, 6) is 0.422. The number of unbranched alkanes of at least 4 members (excludes halogenated alkanes) is 1. The smallest absolute Gasteiger partial charge is 0.493 e. The van der Waals surface area contributed by atoms with Crippen LogP contribution in [0.2, 0.25) is 6.04 Å². The van der Waals surface area contributed by atoms with Crippen molar-refractivity contribution < 1.29 is 52.1 Å². The van der Waals surface area contributed by atoms with Crippen molar-refractivity contribution in [3.63, 3.8) is 0 Å². The molecule has 0 bridgehead atoms. The number of hydrogen-bond acceptors (Lipinski definition) is 11. The number of carbonyl (C=O) groups excluding carboxylic acids is 3. The molecule has 13 nitrogen and oxygen atoms in total. The summed E-state index contributed by atoms with van der Waals surface area (Å²) in [7, 11) is -1.35. The SMILES string of the molecule is CCCCNC(=O)Oc1ccc(/C=C/C(=O)CC(O)/C=C/c2ccc(OC(=O)NCCC[Si](OCC)(OCC)OCC)c(OC)c2)cc1CO. The molecular formula is C36H52N2O11Si. The van der Waals surface area contributed by atoms with Crippen LogP contribution in [0.25, 0.3) is 12.2 Å². The normalized spacial score (nSPS) is 12.2. The van der Waals surface area contributed by atoms with Crippen LogP contribution in [0.15, 0.2) is 48.6 Å². The molecule has 4 N–H and O–H groups in total. The van der Waals surface area contributed by atoms with Crippen LogP contribution in [-0.2, 0) is 24.7 Å². The van der Waals surface area contributed by atoms with E-state index in [2.05, 4.69) is 10.6 Å². The molecule has 0 aliphatic heterocycles. The van der Waals surface area contributed by atoms with Crippen LogP contribution >= 0.6 is 0 Å². The van der Waals surface area contributed by atoms with Gasteiger partial charge in [0.25, 0.3) is 0 Å². The summed E-state index contributed by atoms with van der Waals surface area (Å²) in [6.07, 6.45) is 5.86. The summed E-state index contributed by atoms with van der Waals surface area (Å²) >= 11 is 0. The number of methoxy groups -OCH3 is 1. The second-order valence-corrected chi connectivity index (χ2v) is 13.7. The quantitative estimate of drug-likeness (QED) is 0.0637. The highest BCUT2D eigenvalue weighted by Gasteiger charge is 2.39. The zero-order chi connectivity index (χ0) is 36.8. The van der Waals surface area contributed by atoms with E-state index in [1.807, 2.05) is 27.7 Å². The Morgan fingerprint density at radius 1 is 0.800 bits per heavy atom. The molecule has 14 heteroatoms. The van der Waals surface area contributed by atoms with Crippen LogP contribution in [0.4, 0.5) is 9.59 Å². The second-order valence-electron chi connectivity index (χ2n) is 10.9. The Morgan fingerprint density at radius 3 is 1.96 bits per heavy atom. The lowest BCUT2D eigenvalue weighted by atomic mass is 10.1. The van der Waals surface area contributed by atoms with Crippen molar-refractivity contribution in [2.24, 2.45) is 0 Å². The van der Waals surface area contributed by atoms with Gasteiger partial charge in [-0.25, -0.2) is 9.59 Å². The molecule has 2 aromatic rings. The van der Waals surface area contributed by atoms with Gasteiger partial charge >= 0.3 is 21.0 Å². The maximum atomic E-state index is 12.5. The molecule has 2 aromatic carbocycles. The average molecular weight is 717 g/mol. The van der Waals surface area contributed by atoms with Gasteiger partial charge in [-0.3, -0.25) is 4.79 Å². The van der Waals surface area contributed by atoms with Crippen molar-refractivity contribution in [2.45, 2.75) is 72.1 Å². The number of hydrogen-bond donors (Lipinski definition) is 4. The van der Waals surface area contributed by atoms with Crippen molar-refractivity contribution >= 4 is 38.9 Å². The Kier molecular flexibility index (Phi) is 19.7. The molecule has 50 heavy (non-hydrogen) atoms. The van der Waals surface area contributed by atoms with E-state index in [0.717, 1.165) is 12.8 Å². The van der Waals surface area contributed by atoms with Crippen molar-refractivity contribution in [1.29, 1.82) is 0 Å². The number of ether oxygens (including phenoxy) is 3. The Bertz CT molecular complexity index is 1400. The molecule has 276 valence electrons. The van der Waals surface area contributed by atoms with Gasteiger partial charge in [-0.2, -0.15) is 0 Å². The Labute approximate surface area is 295 Å². The number of nitrogens with one attached hydrogen (secondary N) is 2. The van der Waals surface area contributed by atoms with E-state index in [1.165, 1.54) is 19.3 Å². The fourth-order valence-corrected chi connectivity index (χ4v) is 7.30. The largest absolute Gasteiger partial charge is 0.500 e. The maximum absolute atomic E-state index is 12.5. The molecular weight excluding hydrogens is 664 g/mol. The molecule has 0 heterocycles. The molecule has 0 aliphatic rings. The Hall–Kier alpha value is -4.05. The van der Waals surface area contributed by atoms with Gasteiger partial charge in [0, 0.05) is 50.9 Å². The topological polar surface area (TPSA) is 171 Å². The van der Waals surface area contributed by atoms with Crippen LogP contribution in [0, 0.1) is 0 Å². The van der Waals surface area contributed by atoms with Crippen molar-refractivity contribution in [3.05, 3.63) is 65.2 Å². The predicted molar refractivity (Wildman–Crippen MR) is 192 cm³/mol. The number of carbonyl (C=O) groups is 3. The van der Waals surface area contributed by atoms with Crippen LogP contribution < -0.4 is 24.8 Å². The lowest BCUT2D eigenvalue weighted by Crippen LogP contribution is -2.46. The second kappa shape index (κ2) is 23.4. The zero-order valence-corrected chi connectivity index (χ0v) is 30.7. The van der Waals surface area contributed by atoms with Crippen molar-refractivity contribution in [3.8, 4) is 17.2 Å². The molecule has 0 saturated carbocycles. The minimum absolute atomic E-state index is 0.166. The van der Waals surface area contributed by atoms with Gasteiger partial charge in [-0.05, 0) is 75.1 Å².